The maximum absolute atomic E-state index is 10.6. The Bertz CT molecular complexity index is 453. The first-order valence-electron chi connectivity index (χ1n) is 6.85. The molecule has 0 bridgehead atoms. The summed E-state index contributed by atoms with van der Waals surface area (Å²) in [4.78, 5) is 14.3. The van der Waals surface area contributed by atoms with Crippen LogP contribution in [0.2, 0.25) is 0 Å². The average molecular weight is 279 g/mol. The van der Waals surface area contributed by atoms with Crippen LogP contribution in [-0.4, -0.2) is 29.1 Å². The van der Waals surface area contributed by atoms with Gasteiger partial charge in [0.25, 0.3) is 0 Å². The molecular formula is C15H21NO2S. The molecule has 0 spiro atoms. The van der Waals surface area contributed by atoms with E-state index in [1.807, 2.05) is 11.4 Å². The molecule has 2 heterocycles. The van der Waals surface area contributed by atoms with Crippen LogP contribution in [0.5, 0.6) is 0 Å². The Balaban J connectivity index is 1.99. The smallest absolute Gasteiger partial charge is 0.328 e. The minimum atomic E-state index is -0.888. The zero-order valence-corrected chi connectivity index (χ0v) is 12.2. The molecule has 3 nitrogen and oxygen atoms in total. The second-order valence-corrected chi connectivity index (χ2v) is 6.28. The summed E-state index contributed by atoms with van der Waals surface area (Å²) < 4.78 is 0. The number of carboxylic acids is 1. The third-order valence-electron chi connectivity index (χ3n) is 3.66. The first kappa shape index (κ1) is 14.3. The molecule has 1 saturated heterocycles. The van der Waals surface area contributed by atoms with Crippen molar-refractivity contribution in [3.63, 3.8) is 0 Å². The zero-order chi connectivity index (χ0) is 13.7. The van der Waals surface area contributed by atoms with Gasteiger partial charge in [0.2, 0.25) is 0 Å². The lowest BCUT2D eigenvalue weighted by Crippen LogP contribution is -2.24. The topological polar surface area (TPSA) is 40.5 Å². The van der Waals surface area contributed by atoms with Gasteiger partial charge in [-0.15, -0.1) is 11.3 Å². The van der Waals surface area contributed by atoms with Crippen molar-refractivity contribution in [1.82, 2.24) is 4.90 Å². The van der Waals surface area contributed by atoms with Gasteiger partial charge < -0.3 is 5.11 Å². The van der Waals surface area contributed by atoms with E-state index in [-0.39, 0.29) is 0 Å². The molecule has 104 valence electrons. The maximum Gasteiger partial charge on any atom is 0.328 e. The minimum absolute atomic E-state index is 0.833. The van der Waals surface area contributed by atoms with Crippen LogP contribution in [0.4, 0.5) is 0 Å². The number of thiophene rings is 1. The van der Waals surface area contributed by atoms with Crippen molar-refractivity contribution < 1.29 is 9.90 Å². The second kappa shape index (κ2) is 6.87. The van der Waals surface area contributed by atoms with Crippen LogP contribution < -0.4 is 0 Å². The largest absolute Gasteiger partial charge is 0.478 e. The molecular weight excluding hydrogens is 258 g/mol. The Labute approximate surface area is 118 Å². The predicted octanol–water partition coefficient (Wildman–Crippen LogP) is 3.47. The lowest BCUT2D eigenvalue weighted by atomic mass is 10.0. The van der Waals surface area contributed by atoms with E-state index in [0.717, 1.165) is 31.1 Å². The van der Waals surface area contributed by atoms with Gasteiger partial charge in [-0.05, 0) is 61.4 Å². The van der Waals surface area contributed by atoms with Gasteiger partial charge in [0.05, 0.1) is 0 Å². The number of rotatable bonds is 4. The van der Waals surface area contributed by atoms with E-state index in [4.69, 9.17) is 5.11 Å². The van der Waals surface area contributed by atoms with Crippen LogP contribution in [0.25, 0.3) is 6.08 Å². The summed E-state index contributed by atoms with van der Waals surface area (Å²) >= 11 is 1.72. The zero-order valence-electron chi connectivity index (χ0n) is 11.3. The number of hydrogen-bond acceptors (Lipinski definition) is 3. The van der Waals surface area contributed by atoms with Crippen molar-refractivity contribution in [3.05, 3.63) is 28.0 Å². The number of nitrogens with zero attached hydrogens (tertiary/aromatic N) is 1. The van der Waals surface area contributed by atoms with Gasteiger partial charge in [-0.2, -0.15) is 0 Å². The van der Waals surface area contributed by atoms with Gasteiger partial charge in [-0.25, -0.2) is 4.79 Å². The standard InChI is InChI=1S/C15H21NO2S/c1-12-3-2-8-16(9-6-12)11-14-13(7-10-19-14)4-5-15(17)18/h4-5,7,10,12H,2-3,6,8-9,11H2,1H3,(H,17,18). The Kier molecular flexibility index (Phi) is 5.16. The Morgan fingerprint density at radius 1 is 1.53 bits per heavy atom. The Morgan fingerprint density at radius 2 is 2.37 bits per heavy atom. The van der Waals surface area contributed by atoms with Crippen LogP contribution in [0.3, 0.4) is 0 Å². The lowest BCUT2D eigenvalue weighted by molar-refractivity contribution is -0.131. The van der Waals surface area contributed by atoms with Crippen molar-refractivity contribution in [2.45, 2.75) is 32.7 Å². The molecule has 1 fully saturated rings. The molecule has 1 aliphatic rings. The Hall–Kier alpha value is -1.13. The SMILES string of the molecule is CC1CCCN(Cc2sccc2C=CC(=O)O)CC1. The fourth-order valence-corrected chi connectivity index (χ4v) is 3.38. The molecule has 1 N–H and O–H groups in total. The summed E-state index contributed by atoms with van der Waals surface area (Å²) in [6.45, 7) is 5.59. The molecule has 4 heteroatoms. The quantitative estimate of drug-likeness (QED) is 0.858. The average Bonchev–Trinajstić information content (AvgIpc) is 2.70. The lowest BCUT2D eigenvalue weighted by Gasteiger charge is -2.19. The van der Waals surface area contributed by atoms with Crippen LogP contribution in [0.15, 0.2) is 17.5 Å². The molecule has 19 heavy (non-hydrogen) atoms. The van der Waals surface area contributed by atoms with Crippen LogP contribution >= 0.6 is 11.3 Å². The fraction of sp³-hybridized carbons (Fsp3) is 0.533. The highest BCUT2D eigenvalue weighted by Crippen LogP contribution is 2.23. The van der Waals surface area contributed by atoms with E-state index in [1.54, 1.807) is 17.4 Å². The third kappa shape index (κ3) is 4.48. The summed E-state index contributed by atoms with van der Waals surface area (Å²) in [6.07, 6.45) is 6.79. The molecule has 0 radical (unpaired) electrons. The van der Waals surface area contributed by atoms with Crippen molar-refractivity contribution in [1.29, 1.82) is 0 Å². The molecule has 1 aromatic heterocycles. The van der Waals surface area contributed by atoms with Gasteiger partial charge in [-0.3, -0.25) is 4.90 Å². The Morgan fingerprint density at radius 3 is 3.16 bits per heavy atom. The van der Waals surface area contributed by atoms with Gasteiger partial charge in [0.15, 0.2) is 0 Å². The molecule has 1 aliphatic heterocycles. The number of carbonyl (C=O) groups is 1. The van der Waals surface area contributed by atoms with Crippen molar-refractivity contribution in [2.24, 2.45) is 5.92 Å². The highest BCUT2D eigenvalue weighted by molar-refractivity contribution is 7.10. The minimum Gasteiger partial charge on any atom is -0.478 e. The number of hydrogen-bond donors (Lipinski definition) is 1. The van der Waals surface area contributed by atoms with Crippen molar-refractivity contribution >= 4 is 23.4 Å². The number of likely N-dealkylation sites (tertiary alicyclic amines) is 1. The fourth-order valence-electron chi connectivity index (χ4n) is 2.47. The van der Waals surface area contributed by atoms with E-state index < -0.39 is 5.97 Å². The van der Waals surface area contributed by atoms with E-state index in [1.165, 1.54) is 30.2 Å². The van der Waals surface area contributed by atoms with Gasteiger partial charge in [-0.1, -0.05) is 6.92 Å². The summed E-state index contributed by atoms with van der Waals surface area (Å²) in [7, 11) is 0. The molecule has 1 atom stereocenters. The summed E-state index contributed by atoms with van der Waals surface area (Å²) in [5, 5.41) is 10.7. The van der Waals surface area contributed by atoms with E-state index in [9.17, 15) is 4.79 Å². The molecule has 1 unspecified atom stereocenters. The third-order valence-corrected chi connectivity index (χ3v) is 4.58. The van der Waals surface area contributed by atoms with E-state index in [0.29, 0.717) is 0 Å². The van der Waals surface area contributed by atoms with Crippen LogP contribution in [0, 0.1) is 5.92 Å². The molecule has 0 aromatic carbocycles. The first-order valence-corrected chi connectivity index (χ1v) is 7.73. The maximum atomic E-state index is 10.6. The van der Waals surface area contributed by atoms with Crippen molar-refractivity contribution in [2.75, 3.05) is 13.1 Å². The number of carboxylic acid groups (broad SMARTS) is 1. The highest BCUT2D eigenvalue weighted by Gasteiger charge is 2.15. The normalized spacial score (nSPS) is 21.6. The van der Waals surface area contributed by atoms with Crippen LogP contribution in [-0.2, 0) is 11.3 Å². The molecule has 0 amide bonds. The van der Waals surface area contributed by atoms with E-state index >= 15 is 0 Å². The molecule has 2 rings (SSSR count). The predicted molar refractivity (Wildman–Crippen MR) is 79.3 cm³/mol. The van der Waals surface area contributed by atoms with Gasteiger partial charge in [0, 0.05) is 17.5 Å². The van der Waals surface area contributed by atoms with Crippen LogP contribution in [0.1, 0.15) is 36.6 Å². The highest BCUT2D eigenvalue weighted by atomic mass is 32.1. The summed E-state index contributed by atoms with van der Waals surface area (Å²) in [6, 6.07) is 2.00. The van der Waals surface area contributed by atoms with Gasteiger partial charge in [0.1, 0.15) is 0 Å². The summed E-state index contributed by atoms with van der Waals surface area (Å²) in [5.41, 5.74) is 1.05. The molecule has 1 aromatic rings. The molecule has 0 aliphatic carbocycles. The second-order valence-electron chi connectivity index (χ2n) is 5.28. The summed E-state index contributed by atoms with van der Waals surface area (Å²) in [5.74, 6) is -0.0551. The van der Waals surface area contributed by atoms with E-state index in [2.05, 4.69) is 11.8 Å². The first-order chi connectivity index (χ1) is 9.15. The molecule has 0 saturated carbocycles. The van der Waals surface area contributed by atoms with Gasteiger partial charge >= 0.3 is 5.97 Å². The monoisotopic (exact) mass is 279 g/mol. The van der Waals surface area contributed by atoms with Crippen molar-refractivity contribution in [3.8, 4) is 0 Å². The number of aliphatic carboxylic acids is 1.